The first-order valence-corrected chi connectivity index (χ1v) is 7.57. The van der Waals surface area contributed by atoms with Crippen LogP contribution in [0.2, 0.25) is 0 Å². The second-order valence-electron chi connectivity index (χ2n) is 5.26. The highest BCUT2D eigenvalue weighted by Gasteiger charge is 2.39. The first kappa shape index (κ1) is 13.1. The molecule has 0 saturated heterocycles. The molecular weight excluding hydrogens is 246 g/mol. The molecule has 1 aromatic rings. The number of hydrogen-bond donors (Lipinski definition) is 0. The normalized spacial score (nSPS) is 24.3. The molecule has 0 saturated carbocycles. The zero-order valence-electron chi connectivity index (χ0n) is 11.0. The van der Waals surface area contributed by atoms with Crippen molar-refractivity contribution in [1.82, 2.24) is 3.97 Å². The van der Waals surface area contributed by atoms with Crippen LogP contribution in [0.25, 0.3) is 0 Å². The van der Waals surface area contributed by atoms with E-state index in [1.54, 1.807) is 37.5 Å². The lowest BCUT2D eigenvalue weighted by Gasteiger charge is -2.31. The van der Waals surface area contributed by atoms with Gasteiger partial charge in [0, 0.05) is 12.4 Å². The van der Waals surface area contributed by atoms with Gasteiger partial charge in [0.05, 0.1) is 0 Å². The van der Waals surface area contributed by atoms with E-state index >= 15 is 0 Å². The molecule has 0 bridgehead atoms. The predicted molar refractivity (Wildman–Crippen MR) is 73.8 cm³/mol. The molecule has 1 unspecified atom stereocenters. The number of rotatable bonds is 3. The van der Waals surface area contributed by atoms with Gasteiger partial charge in [-0.2, -0.15) is 0 Å². The van der Waals surface area contributed by atoms with E-state index < -0.39 is 14.8 Å². The zero-order valence-corrected chi connectivity index (χ0v) is 11.8. The monoisotopic (exact) mass is 265 g/mol. The summed E-state index contributed by atoms with van der Waals surface area (Å²) in [6, 6.07) is 3.46. The minimum absolute atomic E-state index is 0.370. The van der Waals surface area contributed by atoms with Gasteiger partial charge in [0.1, 0.15) is 4.75 Å². The molecule has 1 heterocycles. The minimum atomic E-state index is -3.40. The molecule has 4 heteroatoms. The van der Waals surface area contributed by atoms with E-state index in [1.165, 1.54) is 9.55 Å². The van der Waals surface area contributed by atoms with Crippen molar-refractivity contribution in [2.75, 3.05) is 0 Å². The average molecular weight is 265 g/mol. The van der Waals surface area contributed by atoms with Crippen molar-refractivity contribution in [3.05, 3.63) is 48.3 Å². The van der Waals surface area contributed by atoms with E-state index in [2.05, 4.69) is 13.8 Å². The van der Waals surface area contributed by atoms with Crippen LogP contribution in [0.5, 0.6) is 0 Å². The van der Waals surface area contributed by atoms with Crippen LogP contribution < -0.4 is 0 Å². The van der Waals surface area contributed by atoms with Gasteiger partial charge < -0.3 is 0 Å². The lowest BCUT2D eigenvalue weighted by atomic mass is 9.88. The highest BCUT2D eigenvalue weighted by Crippen LogP contribution is 2.34. The maximum Gasteiger partial charge on any atom is 0.247 e. The fourth-order valence-corrected chi connectivity index (χ4v) is 3.73. The highest BCUT2D eigenvalue weighted by molar-refractivity contribution is 7.91. The smallest absolute Gasteiger partial charge is 0.247 e. The van der Waals surface area contributed by atoms with Crippen molar-refractivity contribution in [2.45, 2.75) is 31.9 Å². The Morgan fingerprint density at radius 3 is 2.44 bits per heavy atom. The Labute approximate surface area is 109 Å². The van der Waals surface area contributed by atoms with Crippen LogP contribution in [0, 0.1) is 5.92 Å². The molecule has 1 aliphatic carbocycles. The van der Waals surface area contributed by atoms with Crippen molar-refractivity contribution < 1.29 is 8.42 Å². The third-order valence-electron chi connectivity index (χ3n) is 3.50. The lowest BCUT2D eigenvalue weighted by Crippen LogP contribution is -2.39. The van der Waals surface area contributed by atoms with Gasteiger partial charge in [-0.25, -0.2) is 8.42 Å². The van der Waals surface area contributed by atoms with E-state index in [0.29, 0.717) is 12.3 Å². The highest BCUT2D eigenvalue weighted by atomic mass is 32.2. The summed E-state index contributed by atoms with van der Waals surface area (Å²) >= 11 is 0. The Morgan fingerprint density at radius 2 is 1.89 bits per heavy atom. The molecule has 2 rings (SSSR count). The fraction of sp³-hybridized carbons (Fsp3) is 0.429. The maximum absolute atomic E-state index is 12.6. The van der Waals surface area contributed by atoms with E-state index in [1.807, 2.05) is 12.2 Å². The van der Waals surface area contributed by atoms with Crippen molar-refractivity contribution in [3.63, 3.8) is 0 Å². The zero-order chi connectivity index (χ0) is 13.4. The molecule has 18 heavy (non-hydrogen) atoms. The summed E-state index contributed by atoms with van der Waals surface area (Å²) in [6.45, 7) is 5.97. The summed E-state index contributed by atoms with van der Waals surface area (Å²) in [5.74, 6) is 0.370. The molecule has 1 aromatic heterocycles. The summed E-state index contributed by atoms with van der Waals surface area (Å²) in [6.07, 6.45) is 9.40. The van der Waals surface area contributed by atoms with E-state index in [9.17, 15) is 8.42 Å². The average Bonchev–Trinajstić information content (AvgIpc) is 2.82. The van der Waals surface area contributed by atoms with Gasteiger partial charge in [-0.1, -0.05) is 37.6 Å². The molecule has 0 N–H and O–H groups in total. The number of allylic oxidation sites excluding steroid dienone is 3. The first-order chi connectivity index (χ1) is 8.37. The van der Waals surface area contributed by atoms with Crippen LogP contribution in [0.3, 0.4) is 0 Å². The first-order valence-electron chi connectivity index (χ1n) is 6.13. The molecule has 0 spiro atoms. The second-order valence-corrected chi connectivity index (χ2v) is 7.57. The van der Waals surface area contributed by atoms with Crippen molar-refractivity contribution in [1.29, 1.82) is 0 Å². The van der Waals surface area contributed by atoms with Crippen molar-refractivity contribution >= 4 is 10.0 Å². The Bertz CT molecular complexity index is 579. The summed E-state index contributed by atoms with van der Waals surface area (Å²) < 4.78 is 25.7. The maximum atomic E-state index is 12.6. The molecule has 98 valence electrons. The molecule has 0 aromatic carbocycles. The van der Waals surface area contributed by atoms with Crippen molar-refractivity contribution in [2.24, 2.45) is 5.92 Å². The fourth-order valence-electron chi connectivity index (χ4n) is 2.19. The Morgan fingerprint density at radius 1 is 1.28 bits per heavy atom. The van der Waals surface area contributed by atoms with Gasteiger partial charge >= 0.3 is 0 Å². The molecule has 1 atom stereocenters. The minimum Gasteiger partial charge on any atom is -0.252 e. The third-order valence-corrected chi connectivity index (χ3v) is 5.76. The third kappa shape index (κ3) is 2.05. The lowest BCUT2D eigenvalue weighted by molar-refractivity contribution is 0.540. The van der Waals surface area contributed by atoms with E-state index in [4.69, 9.17) is 0 Å². The van der Waals surface area contributed by atoms with Crippen LogP contribution in [0.15, 0.2) is 48.3 Å². The standard InChI is InChI=1S/C14H19NO2S/c1-12(2)13-7-6-8-14(3,11-13)18(16,17)15-9-4-5-10-15/h4-10,12H,11H2,1-3H3. The van der Waals surface area contributed by atoms with E-state index in [-0.39, 0.29) is 0 Å². The van der Waals surface area contributed by atoms with Crippen LogP contribution in [-0.4, -0.2) is 17.1 Å². The van der Waals surface area contributed by atoms with Gasteiger partial charge in [0.15, 0.2) is 0 Å². The SMILES string of the molecule is CC(C)C1=CC=CC(C)(S(=O)(=O)n2cccc2)C1. The summed E-state index contributed by atoms with van der Waals surface area (Å²) in [4.78, 5) is 0. The summed E-state index contributed by atoms with van der Waals surface area (Å²) in [7, 11) is -3.40. The molecule has 0 aliphatic heterocycles. The number of aromatic nitrogens is 1. The molecule has 0 fully saturated rings. The van der Waals surface area contributed by atoms with Crippen LogP contribution in [0.4, 0.5) is 0 Å². The molecule has 0 amide bonds. The Hall–Kier alpha value is -1.29. The van der Waals surface area contributed by atoms with E-state index in [0.717, 1.165) is 0 Å². The van der Waals surface area contributed by atoms with Crippen molar-refractivity contribution in [3.8, 4) is 0 Å². The molecule has 0 radical (unpaired) electrons. The van der Waals surface area contributed by atoms with Crippen LogP contribution >= 0.6 is 0 Å². The van der Waals surface area contributed by atoms with Gasteiger partial charge in [-0.15, -0.1) is 0 Å². The van der Waals surface area contributed by atoms with Gasteiger partial charge in [-0.05, 0) is 31.4 Å². The summed E-state index contributed by atoms with van der Waals surface area (Å²) in [5.41, 5.74) is 1.18. The van der Waals surface area contributed by atoms with Gasteiger partial charge in [0.2, 0.25) is 10.0 Å². The number of hydrogen-bond acceptors (Lipinski definition) is 2. The summed E-state index contributed by atoms with van der Waals surface area (Å²) in [5, 5.41) is 0. The molecule has 1 aliphatic rings. The molecular formula is C14H19NO2S. The second kappa shape index (κ2) is 4.43. The van der Waals surface area contributed by atoms with Crippen LogP contribution in [0.1, 0.15) is 27.2 Å². The van der Waals surface area contributed by atoms with Gasteiger partial charge in [-0.3, -0.25) is 3.97 Å². The van der Waals surface area contributed by atoms with Crippen LogP contribution in [-0.2, 0) is 10.0 Å². The van der Waals surface area contributed by atoms with Gasteiger partial charge in [0.25, 0.3) is 0 Å². The number of nitrogens with zero attached hydrogens (tertiary/aromatic N) is 1. The topological polar surface area (TPSA) is 39.1 Å². The Balaban J connectivity index is 2.40. The Kier molecular flexibility index (Phi) is 3.23. The predicted octanol–water partition coefficient (Wildman–Crippen LogP) is 2.97. The molecule has 3 nitrogen and oxygen atoms in total. The quantitative estimate of drug-likeness (QED) is 0.843. The largest absolute Gasteiger partial charge is 0.252 e.